The first-order valence-corrected chi connectivity index (χ1v) is 12.1. The van der Waals surface area contributed by atoms with Gasteiger partial charge in [0.2, 0.25) is 11.9 Å². The first-order valence-electron chi connectivity index (χ1n) is 12.1. The Morgan fingerprint density at radius 3 is 2.53 bits per heavy atom. The molecule has 2 aliphatic carbocycles. The third-order valence-corrected chi connectivity index (χ3v) is 7.37. The molecule has 2 N–H and O–H groups in total. The molecule has 2 aromatic carbocycles. The monoisotopic (exact) mass is 459 g/mol. The van der Waals surface area contributed by atoms with Crippen molar-refractivity contribution in [2.24, 2.45) is 5.41 Å². The maximum absolute atomic E-state index is 12.6. The van der Waals surface area contributed by atoms with E-state index >= 15 is 0 Å². The molecule has 1 heterocycles. The second kappa shape index (κ2) is 9.12. The van der Waals surface area contributed by atoms with Crippen LogP contribution in [0, 0.1) is 5.41 Å². The molecule has 1 amide bonds. The third kappa shape index (κ3) is 4.65. The summed E-state index contributed by atoms with van der Waals surface area (Å²) < 4.78 is 5.19. The highest BCUT2D eigenvalue weighted by atomic mass is 16.5. The third-order valence-electron chi connectivity index (χ3n) is 7.37. The summed E-state index contributed by atoms with van der Waals surface area (Å²) >= 11 is 0. The number of anilines is 2. The maximum atomic E-state index is 12.6. The van der Waals surface area contributed by atoms with Crippen molar-refractivity contribution in [1.82, 2.24) is 15.3 Å². The molecule has 0 unspecified atom stereocenters. The van der Waals surface area contributed by atoms with Gasteiger partial charge in [-0.3, -0.25) is 4.79 Å². The number of para-hydroxylation sites is 1. The predicted molar refractivity (Wildman–Crippen MR) is 135 cm³/mol. The summed E-state index contributed by atoms with van der Waals surface area (Å²) in [4.78, 5) is 24.1. The van der Waals surface area contributed by atoms with E-state index in [0.29, 0.717) is 24.5 Å². The summed E-state index contributed by atoms with van der Waals surface area (Å²) in [7, 11) is 5.67. The lowest BCUT2D eigenvalue weighted by atomic mass is 9.83. The molecule has 3 aromatic rings. The summed E-state index contributed by atoms with van der Waals surface area (Å²) in [6.07, 6.45) is 5.87. The zero-order chi connectivity index (χ0) is 23.7. The molecular weight excluding hydrogens is 426 g/mol. The number of carbonyl (C=O) groups excluding carboxylic acids is 1. The van der Waals surface area contributed by atoms with Crippen LogP contribution in [-0.2, 0) is 11.2 Å². The molecule has 7 heteroatoms. The van der Waals surface area contributed by atoms with Gasteiger partial charge in [0.15, 0.2) is 0 Å². The van der Waals surface area contributed by atoms with Crippen molar-refractivity contribution in [2.45, 2.75) is 50.6 Å². The van der Waals surface area contributed by atoms with Gasteiger partial charge in [0, 0.05) is 31.6 Å². The summed E-state index contributed by atoms with van der Waals surface area (Å²) in [5.74, 6) is 2.54. The molecule has 2 aliphatic rings. The van der Waals surface area contributed by atoms with Crippen molar-refractivity contribution in [3.63, 3.8) is 0 Å². The number of amides is 1. The smallest absolute Gasteiger partial charge is 0.225 e. The highest BCUT2D eigenvalue weighted by Gasteiger charge is 2.55. The van der Waals surface area contributed by atoms with Gasteiger partial charge in [-0.1, -0.05) is 24.3 Å². The molecule has 1 spiro atoms. The number of aromatic nitrogens is 2. The van der Waals surface area contributed by atoms with Crippen LogP contribution in [0.2, 0.25) is 0 Å². The molecule has 1 aromatic heterocycles. The molecule has 7 nitrogen and oxygen atoms in total. The van der Waals surface area contributed by atoms with Gasteiger partial charge >= 0.3 is 0 Å². The predicted octanol–water partition coefficient (Wildman–Crippen LogP) is 4.18. The van der Waals surface area contributed by atoms with Gasteiger partial charge in [0.25, 0.3) is 0 Å². The molecule has 5 rings (SSSR count). The van der Waals surface area contributed by atoms with Crippen molar-refractivity contribution in [1.29, 1.82) is 0 Å². The lowest BCUT2D eigenvalue weighted by molar-refractivity contribution is -0.120. The highest BCUT2D eigenvalue weighted by molar-refractivity contribution is 5.90. The van der Waals surface area contributed by atoms with Gasteiger partial charge < -0.3 is 20.3 Å². The lowest BCUT2D eigenvalue weighted by Crippen LogP contribution is -2.34. The second-order valence-corrected chi connectivity index (χ2v) is 9.91. The van der Waals surface area contributed by atoms with Crippen LogP contribution in [0.5, 0.6) is 5.75 Å². The Bertz CT molecular complexity index is 1170. The zero-order valence-electron chi connectivity index (χ0n) is 20.2. The van der Waals surface area contributed by atoms with Crippen molar-refractivity contribution in [2.75, 3.05) is 31.4 Å². The largest absolute Gasteiger partial charge is 0.497 e. The minimum absolute atomic E-state index is 0.105. The number of hydrogen-bond donors (Lipinski definition) is 2. The fourth-order valence-corrected chi connectivity index (χ4v) is 5.26. The van der Waals surface area contributed by atoms with Gasteiger partial charge in [-0.15, -0.1) is 0 Å². The van der Waals surface area contributed by atoms with Crippen molar-refractivity contribution in [3.05, 3.63) is 54.1 Å². The molecule has 2 saturated carbocycles. The Morgan fingerprint density at radius 2 is 1.82 bits per heavy atom. The Morgan fingerprint density at radius 1 is 1.09 bits per heavy atom. The van der Waals surface area contributed by atoms with Gasteiger partial charge in [-0.05, 0) is 67.3 Å². The van der Waals surface area contributed by atoms with E-state index in [-0.39, 0.29) is 11.3 Å². The van der Waals surface area contributed by atoms with E-state index in [1.807, 2.05) is 61.5 Å². The Balaban J connectivity index is 1.15. The molecule has 34 heavy (non-hydrogen) atoms. The summed E-state index contributed by atoms with van der Waals surface area (Å²) in [5.41, 5.74) is 2.23. The van der Waals surface area contributed by atoms with E-state index in [2.05, 4.69) is 16.7 Å². The molecule has 0 bridgehead atoms. The molecule has 2 fully saturated rings. The minimum Gasteiger partial charge on any atom is -0.497 e. The number of methoxy groups -OCH3 is 1. The first kappa shape index (κ1) is 22.4. The van der Waals surface area contributed by atoms with Crippen molar-refractivity contribution in [3.8, 4) is 5.75 Å². The number of nitrogens with zero attached hydrogens (tertiary/aromatic N) is 3. The van der Waals surface area contributed by atoms with Crippen molar-refractivity contribution < 1.29 is 9.53 Å². The normalized spacial score (nSPS) is 23.5. The van der Waals surface area contributed by atoms with Crippen LogP contribution in [-0.4, -0.2) is 49.2 Å². The summed E-state index contributed by atoms with van der Waals surface area (Å²) in [5, 5.41) is 7.92. The quantitative estimate of drug-likeness (QED) is 0.552. The number of carbonyl (C=O) groups is 1. The van der Waals surface area contributed by atoms with Crippen LogP contribution in [0.15, 0.2) is 48.5 Å². The topological polar surface area (TPSA) is 79.4 Å². The van der Waals surface area contributed by atoms with E-state index in [9.17, 15) is 4.79 Å². The fourth-order valence-electron chi connectivity index (χ4n) is 5.26. The number of benzene rings is 2. The Kier molecular flexibility index (Phi) is 6.02. The van der Waals surface area contributed by atoms with Crippen LogP contribution >= 0.6 is 0 Å². The number of ether oxygens (including phenoxy) is 1. The molecule has 0 saturated heterocycles. The van der Waals surface area contributed by atoms with Crippen LogP contribution < -0.4 is 20.3 Å². The molecule has 0 aliphatic heterocycles. The molecule has 0 radical (unpaired) electrons. The van der Waals surface area contributed by atoms with Gasteiger partial charge in [-0.2, -0.15) is 4.98 Å². The average Bonchev–Trinajstić information content (AvgIpc) is 3.50. The fraction of sp³-hybridized carbons (Fsp3) is 0.444. The van der Waals surface area contributed by atoms with Crippen LogP contribution in [0.25, 0.3) is 10.9 Å². The second-order valence-electron chi connectivity index (χ2n) is 9.91. The van der Waals surface area contributed by atoms with Gasteiger partial charge in [0.1, 0.15) is 11.6 Å². The maximum Gasteiger partial charge on any atom is 0.225 e. The van der Waals surface area contributed by atoms with E-state index in [0.717, 1.165) is 60.1 Å². The number of rotatable bonds is 7. The summed E-state index contributed by atoms with van der Waals surface area (Å²) in [6.45, 7) is 0. The van der Waals surface area contributed by atoms with Crippen LogP contribution in [0.4, 0.5) is 11.8 Å². The van der Waals surface area contributed by atoms with E-state index in [4.69, 9.17) is 14.7 Å². The summed E-state index contributed by atoms with van der Waals surface area (Å²) in [6, 6.07) is 16.5. The number of hydrogen-bond acceptors (Lipinski definition) is 6. The van der Waals surface area contributed by atoms with E-state index < -0.39 is 0 Å². The van der Waals surface area contributed by atoms with Crippen LogP contribution in [0.3, 0.4) is 0 Å². The SMILES string of the molecule is COc1ccc(CC(=O)N[C@@H]2CC23CCC(Nc2nc(N(C)C)c4ccccc4n2)CC3)cc1. The standard InChI is InChI=1S/C27H33N5O2/c1-32(2)25-21-6-4-5-7-22(21)29-26(31-25)28-19-12-14-27(15-13-19)17-23(27)30-24(33)16-18-8-10-20(34-3)11-9-18/h4-11,19,23H,12-17H2,1-3H3,(H,30,33)(H,28,29,31)/t19?,23-,27?/m1/s1. The minimum atomic E-state index is 0.105. The Hall–Kier alpha value is -3.35. The number of fused-ring (bicyclic) bond motifs is 1. The Labute approximate surface area is 200 Å². The van der Waals surface area contributed by atoms with E-state index in [1.165, 1.54) is 0 Å². The molecule has 1 atom stereocenters. The highest BCUT2D eigenvalue weighted by Crippen LogP contribution is 2.56. The molecular formula is C27H33N5O2. The molecule has 178 valence electrons. The average molecular weight is 460 g/mol. The van der Waals surface area contributed by atoms with Gasteiger partial charge in [-0.25, -0.2) is 4.98 Å². The van der Waals surface area contributed by atoms with E-state index in [1.54, 1.807) is 7.11 Å². The van der Waals surface area contributed by atoms with Crippen LogP contribution in [0.1, 0.15) is 37.7 Å². The first-order chi connectivity index (χ1) is 16.5. The van der Waals surface area contributed by atoms with Gasteiger partial charge in [0.05, 0.1) is 19.0 Å². The zero-order valence-corrected chi connectivity index (χ0v) is 20.2. The number of nitrogens with one attached hydrogen (secondary N) is 2. The lowest BCUT2D eigenvalue weighted by Gasteiger charge is -2.30. The van der Waals surface area contributed by atoms with Crippen molar-refractivity contribution >= 4 is 28.6 Å².